The zero-order chi connectivity index (χ0) is 19.5. The van der Waals surface area contributed by atoms with E-state index in [0.29, 0.717) is 19.8 Å². The number of quaternary nitrogens is 1. The van der Waals surface area contributed by atoms with Crippen molar-refractivity contribution in [2.75, 3.05) is 38.2 Å². The Kier molecular flexibility index (Phi) is 5.57. The molecule has 28 heavy (non-hydrogen) atoms. The van der Waals surface area contributed by atoms with E-state index >= 15 is 0 Å². The van der Waals surface area contributed by atoms with Gasteiger partial charge >= 0.3 is 0 Å². The lowest BCUT2D eigenvalue weighted by molar-refractivity contribution is -0.899. The fraction of sp³-hybridized carbons (Fsp3) is 0.238. The van der Waals surface area contributed by atoms with Gasteiger partial charge in [-0.25, -0.2) is 0 Å². The summed E-state index contributed by atoms with van der Waals surface area (Å²) in [5.41, 5.74) is 2.31. The van der Waals surface area contributed by atoms with E-state index in [0.717, 1.165) is 44.5 Å². The molecule has 0 radical (unpaired) electrons. The predicted octanol–water partition coefficient (Wildman–Crippen LogP) is 1.81. The van der Waals surface area contributed by atoms with E-state index in [-0.39, 0.29) is 17.2 Å². The van der Waals surface area contributed by atoms with Crippen molar-refractivity contribution in [1.29, 1.82) is 0 Å². The number of hydrogen-bond donors (Lipinski definition) is 3. The van der Waals surface area contributed by atoms with Crippen molar-refractivity contribution >= 4 is 38.4 Å². The molecule has 0 saturated carbocycles. The molecular weight excluding hydrogens is 422 g/mol. The van der Waals surface area contributed by atoms with E-state index in [9.17, 15) is 9.59 Å². The Balaban J connectivity index is 1.77. The number of anilines is 1. The molecule has 0 aliphatic carbocycles. The Bertz CT molecular complexity index is 1060. The van der Waals surface area contributed by atoms with E-state index in [1.807, 2.05) is 48.5 Å². The Morgan fingerprint density at radius 3 is 2.64 bits per heavy atom. The number of halogens is 1. The van der Waals surface area contributed by atoms with E-state index in [2.05, 4.69) is 26.2 Å². The van der Waals surface area contributed by atoms with Crippen molar-refractivity contribution in [1.82, 2.24) is 4.98 Å². The number of carbonyl (C=O) groups excluding carboxylic acids is 1. The Morgan fingerprint density at radius 1 is 1.14 bits per heavy atom. The number of amides is 1. The highest BCUT2D eigenvalue weighted by Crippen LogP contribution is 2.33. The van der Waals surface area contributed by atoms with Gasteiger partial charge in [-0.15, -0.1) is 0 Å². The molecule has 1 aromatic heterocycles. The number of nitrogens with one attached hydrogen (secondary N) is 3. The van der Waals surface area contributed by atoms with E-state index in [1.165, 1.54) is 0 Å². The molecule has 2 aromatic carbocycles. The number of morpholine rings is 1. The summed E-state index contributed by atoms with van der Waals surface area (Å²) in [6.07, 6.45) is 0. The van der Waals surface area contributed by atoms with Gasteiger partial charge in [0, 0.05) is 20.9 Å². The minimum absolute atomic E-state index is 0.172. The number of pyridine rings is 1. The quantitative estimate of drug-likeness (QED) is 0.576. The summed E-state index contributed by atoms with van der Waals surface area (Å²) in [4.78, 5) is 29.6. The van der Waals surface area contributed by atoms with Crippen LogP contribution >= 0.6 is 15.9 Å². The van der Waals surface area contributed by atoms with Gasteiger partial charge in [0.05, 0.1) is 13.2 Å². The van der Waals surface area contributed by atoms with Gasteiger partial charge < -0.3 is 19.9 Å². The molecule has 1 amide bonds. The third-order valence-corrected chi connectivity index (χ3v) is 5.41. The number of hydrogen-bond acceptors (Lipinski definition) is 3. The van der Waals surface area contributed by atoms with Crippen molar-refractivity contribution in [3.63, 3.8) is 0 Å². The monoisotopic (exact) mass is 442 g/mol. The third-order valence-electron chi connectivity index (χ3n) is 4.91. The minimum Gasteiger partial charge on any atom is -0.370 e. The molecule has 1 aliphatic rings. The van der Waals surface area contributed by atoms with Crippen LogP contribution in [0.3, 0.4) is 0 Å². The second kappa shape index (κ2) is 8.26. The van der Waals surface area contributed by atoms with Crippen LogP contribution in [0.15, 0.2) is 57.8 Å². The summed E-state index contributed by atoms with van der Waals surface area (Å²) >= 11 is 3.50. The summed E-state index contributed by atoms with van der Waals surface area (Å²) in [6.45, 7) is 3.21. The van der Waals surface area contributed by atoms with Crippen LogP contribution in [0, 0.1) is 0 Å². The number of rotatable bonds is 4. The van der Waals surface area contributed by atoms with Crippen molar-refractivity contribution in [3.8, 4) is 11.1 Å². The summed E-state index contributed by atoms with van der Waals surface area (Å²) in [5, 5.41) is 3.75. The van der Waals surface area contributed by atoms with Crippen LogP contribution in [-0.2, 0) is 9.53 Å². The van der Waals surface area contributed by atoms with E-state index in [4.69, 9.17) is 4.74 Å². The molecule has 0 bridgehead atoms. The molecule has 144 valence electrons. The normalized spacial score (nSPS) is 14.9. The molecule has 6 nitrogen and oxygen atoms in total. The molecule has 0 unspecified atom stereocenters. The molecule has 0 spiro atoms. The first-order valence-corrected chi connectivity index (χ1v) is 10.0. The van der Waals surface area contributed by atoms with Crippen molar-refractivity contribution < 1.29 is 14.4 Å². The number of fused-ring (bicyclic) bond motifs is 1. The van der Waals surface area contributed by atoms with Gasteiger partial charge in [0.25, 0.3) is 11.5 Å². The first kappa shape index (κ1) is 18.9. The van der Waals surface area contributed by atoms with Gasteiger partial charge in [-0.3, -0.25) is 9.59 Å². The molecule has 4 rings (SSSR count). The smallest absolute Gasteiger partial charge is 0.279 e. The zero-order valence-electron chi connectivity index (χ0n) is 15.3. The minimum atomic E-state index is -0.306. The summed E-state index contributed by atoms with van der Waals surface area (Å²) < 4.78 is 6.25. The number of aromatic nitrogens is 1. The molecule has 1 aliphatic heterocycles. The van der Waals surface area contributed by atoms with Gasteiger partial charge in [-0.2, -0.15) is 0 Å². The topological polar surface area (TPSA) is 75.6 Å². The third kappa shape index (κ3) is 4.01. The molecular formula is C21H21BrN3O3+. The lowest BCUT2D eigenvalue weighted by atomic mass is 9.99. The van der Waals surface area contributed by atoms with E-state index in [1.54, 1.807) is 0 Å². The number of carbonyl (C=O) groups is 1. The maximum atomic E-state index is 12.8. The van der Waals surface area contributed by atoms with Gasteiger partial charge in [-0.1, -0.05) is 46.3 Å². The van der Waals surface area contributed by atoms with Crippen LogP contribution in [0.1, 0.15) is 0 Å². The van der Waals surface area contributed by atoms with Gasteiger partial charge in [0.15, 0.2) is 6.54 Å². The average molecular weight is 443 g/mol. The van der Waals surface area contributed by atoms with Crippen LogP contribution in [0.5, 0.6) is 0 Å². The molecule has 2 heterocycles. The SMILES string of the molecule is O=C(C[NH+]1CCOCC1)Nc1c(-c2ccccc2)c2cc(Br)ccc2[nH]c1=O. The van der Waals surface area contributed by atoms with Crippen molar-refractivity contribution in [3.05, 3.63) is 63.4 Å². The number of ether oxygens (including phenoxy) is 1. The van der Waals surface area contributed by atoms with Crippen LogP contribution in [-0.4, -0.2) is 43.7 Å². The van der Waals surface area contributed by atoms with Gasteiger partial charge in [0.1, 0.15) is 18.8 Å². The van der Waals surface area contributed by atoms with Crippen molar-refractivity contribution in [2.45, 2.75) is 0 Å². The molecule has 7 heteroatoms. The lowest BCUT2D eigenvalue weighted by Gasteiger charge is -2.23. The largest absolute Gasteiger partial charge is 0.370 e. The van der Waals surface area contributed by atoms with Crippen molar-refractivity contribution in [2.24, 2.45) is 0 Å². The fourth-order valence-corrected chi connectivity index (χ4v) is 3.90. The highest BCUT2D eigenvalue weighted by Gasteiger charge is 2.21. The average Bonchev–Trinajstić information content (AvgIpc) is 2.70. The molecule has 3 N–H and O–H groups in total. The van der Waals surface area contributed by atoms with Crippen LogP contribution in [0.2, 0.25) is 0 Å². The first-order chi connectivity index (χ1) is 13.6. The number of benzene rings is 2. The first-order valence-electron chi connectivity index (χ1n) is 9.24. The molecule has 3 aromatic rings. The Labute approximate surface area is 170 Å². The lowest BCUT2D eigenvalue weighted by Crippen LogP contribution is -3.15. The maximum absolute atomic E-state index is 12.8. The highest BCUT2D eigenvalue weighted by atomic mass is 79.9. The number of H-pyrrole nitrogens is 1. The molecule has 1 fully saturated rings. The van der Waals surface area contributed by atoms with Crippen LogP contribution in [0.25, 0.3) is 22.0 Å². The van der Waals surface area contributed by atoms with Crippen LogP contribution < -0.4 is 15.8 Å². The molecule has 1 saturated heterocycles. The number of aromatic amines is 1. The Morgan fingerprint density at radius 2 is 1.89 bits per heavy atom. The second-order valence-corrected chi connectivity index (χ2v) is 7.76. The summed E-state index contributed by atoms with van der Waals surface area (Å²) in [5.74, 6) is -0.172. The Hall–Kier alpha value is -2.48. The predicted molar refractivity (Wildman–Crippen MR) is 113 cm³/mol. The maximum Gasteiger partial charge on any atom is 0.279 e. The van der Waals surface area contributed by atoms with Gasteiger partial charge in [0.2, 0.25) is 0 Å². The highest BCUT2D eigenvalue weighted by molar-refractivity contribution is 9.10. The standard InChI is InChI=1S/C21H20BrN3O3/c22-15-6-7-17-16(12-15)19(14-4-2-1-3-5-14)20(21(27)23-17)24-18(26)13-25-8-10-28-11-9-25/h1-7,12H,8-11,13H2,(H,23,27)(H,24,26)/p+1. The second-order valence-electron chi connectivity index (χ2n) is 6.85. The van der Waals surface area contributed by atoms with E-state index < -0.39 is 0 Å². The van der Waals surface area contributed by atoms with Crippen LogP contribution in [0.4, 0.5) is 5.69 Å². The van der Waals surface area contributed by atoms with Gasteiger partial charge in [-0.05, 0) is 23.8 Å². The zero-order valence-corrected chi connectivity index (χ0v) is 16.8. The molecule has 0 atom stereocenters. The fourth-order valence-electron chi connectivity index (χ4n) is 3.54. The summed E-state index contributed by atoms with van der Waals surface area (Å²) in [7, 11) is 0. The summed E-state index contributed by atoms with van der Waals surface area (Å²) in [6, 6.07) is 15.3.